The lowest BCUT2D eigenvalue weighted by Gasteiger charge is -2.19. The molecule has 0 bridgehead atoms. The summed E-state index contributed by atoms with van der Waals surface area (Å²) in [5.41, 5.74) is 4.04. The van der Waals surface area contributed by atoms with Crippen molar-refractivity contribution in [1.82, 2.24) is 9.55 Å². The molecule has 1 fully saturated rings. The van der Waals surface area contributed by atoms with Gasteiger partial charge in [-0.15, -0.1) is 0 Å². The maximum Gasteiger partial charge on any atom is 0.110 e. The molecule has 3 nitrogen and oxygen atoms in total. The smallest absolute Gasteiger partial charge is 0.110 e. The summed E-state index contributed by atoms with van der Waals surface area (Å²) in [7, 11) is 0. The standard InChI is InChI=1S/C22H23N3/c1-16(19-9-3-2-4-10-19)25-21-13-18(15-23)11-12-20(21)24-22(25)14-17-7-5-6-8-17/h2-4,9-13,16-17H,5-8,14H2,1H3/t16-/m0/s1. The first-order valence-electron chi connectivity index (χ1n) is 9.22. The summed E-state index contributed by atoms with van der Waals surface area (Å²) in [5.74, 6) is 1.90. The van der Waals surface area contributed by atoms with Crippen molar-refractivity contribution in [3.8, 4) is 6.07 Å². The number of benzene rings is 2. The summed E-state index contributed by atoms with van der Waals surface area (Å²) >= 11 is 0. The maximum atomic E-state index is 9.30. The van der Waals surface area contributed by atoms with Crippen molar-refractivity contribution >= 4 is 11.0 Å². The Balaban J connectivity index is 1.83. The average molecular weight is 329 g/mol. The minimum absolute atomic E-state index is 0.205. The Kier molecular flexibility index (Phi) is 4.28. The second-order valence-electron chi connectivity index (χ2n) is 7.15. The SMILES string of the molecule is C[C@@H](c1ccccc1)n1c(CC2CCCC2)nc2ccc(C#N)cc21. The number of nitrogens with zero attached hydrogens (tertiary/aromatic N) is 3. The van der Waals surface area contributed by atoms with Gasteiger partial charge in [0.25, 0.3) is 0 Å². The lowest BCUT2D eigenvalue weighted by molar-refractivity contribution is 0.503. The minimum atomic E-state index is 0.205. The average Bonchev–Trinajstić information content (AvgIpc) is 3.28. The lowest BCUT2D eigenvalue weighted by Crippen LogP contribution is -2.13. The Morgan fingerprint density at radius 2 is 1.92 bits per heavy atom. The van der Waals surface area contributed by atoms with E-state index in [0.29, 0.717) is 5.56 Å². The molecule has 0 saturated heterocycles. The van der Waals surface area contributed by atoms with Gasteiger partial charge in [-0.2, -0.15) is 5.26 Å². The number of imidazole rings is 1. The Morgan fingerprint density at radius 3 is 2.64 bits per heavy atom. The van der Waals surface area contributed by atoms with Crippen LogP contribution in [0.15, 0.2) is 48.5 Å². The summed E-state index contributed by atoms with van der Waals surface area (Å²) in [6.07, 6.45) is 6.35. The van der Waals surface area contributed by atoms with E-state index in [2.05, 4.69) is 47.9 Å². The van der Waals surface area contributed by atoms with Crippen LogP contribution in [0.1, 0.15) is 55.6 Å². The van der Waals surface area contributed by atoms with Gasteiger partial charge in [-0.3, -0.25) is 0 Å². The van der Waals surface area contributed by atoms with Crippen LogP contribution in [-0.2, 0) is 6.42 Å². The normalized spacial score (nSPS) is 16.2. The van der Waals surface area contributed by atoms with Crippen LogP contribution in [0.4, 0.5) is 0 Å². The highest BCUT2D eigenvalue weighted by Gasteiger charge is 2.22. The van der Waals surface area contributed by atoms with Crippen LogP contribution in [0.5, 0.6) is 0 Å². The topological polar surface area (TPSA) is 41.6 Å². The van der Waals surface area contributed by atoms with Crippen LogP contribution < -0.4 is 0 Å². The molecule has 126 valence electrons. The van der Waals surface area contributed by atoms with Gasteiger partial charge in [-0.05, 0) is 36.6 Å². The second kappa shape index (κ2) is 6.72. The molecule has 1 aliphatic rings. The zero-order chi connectivity index (χ0) is 17.2. The Morgan fingerprint density at radius 1 is 1.16 bits per heavy atom. The predicted molar refractivity (Wildman–Crippen MR) is 100 cm³/mol. The van der Waals surface area contributed by atoms with Gasteiger partial charge < -0.3 is 4.57 Å². The van der Waals surface area contributed by atoms with Crippen molar-refractivity contribution in [2.24, 2.45) is 5.92 Å². The number of fused-ring (bicyclic) bond motifs is 1. The first-order chi connectivity index (χ1) is 12.3. The van der Waals surface area contributed by atoms with E-state index in [1.807, 2.05) is 18.2 Å². The fourth-order valence-corrected chi connectivity index (χ4v) is 4.14. The van der Waals surface area contributed by atoms with Gasteiger partial charge in [0, 0.05) is 6.42 Å². The molecular formula is C22H23N3. The van der Waals surface area contributed by atoms with Crippen molar-refractivity contribution in [2.45, 2.75) is 45.1 Å². The highest BCUT2D eigenvalue weighted by Crippen LogP contribution is 2.32. The van der Waals surface area contributed by atoms with E-state index in [9.17, 15) is 5.26 Å². The molecule has 1 heterocycles. The molecule has 0 N–H and O–H groups in total. The molecule has 3 heteroatoms. The number of nitriles is 1. The Labute approximate surface area is 148 Å². The van der Waals surface area contributed by atoms with Crippen LogP contribution >= 0.6 is 0 Å². The highest BCUT2D eigenvalue weighted by atomic mass is 15.1. The van der Waals surface area contributed by atoms with Crippen molar-refractivity contribution in [3.05, 3.63) is 65.5 Å². The summed E-state index contributed by atoms with van der Waals surface area (Å²) in [5, 5.41) is 9.30. The predicted octanol–water partition coefficient (Wildman–Crippen LogP) is 5.25. The third-order valence-corrected chi connectivity index (χ3v) is 5.51. The second-order valence-corrected chi connectivity index (χ2v) is 7.15. The molecular weight excluding hydrogens is 306 g/mol. The van der Waals surface area contributed by atoms with Crippen LogP contribution in [-0.4, -0.2) is 9.55 Å². The number of hydrogen-bond acceptors (Lipinski definition) is 2. The Bertz CT molecular complexity index is 912. The molecule has 1 aromatic heterocycles. The highest BCUT2D eigenvalue weighted by molar-refractivity contribution is 5.78. The van der Waals surface area contributed by atoms with E-state index in [4.69, 9.17) is 4.98 Å². The molecule has 1 atom stereocenters. The van der Waals surface area contributed by atoms with E-state index in [-0.39, 0.29) is 6.04 Å². The van der Waals surface area contributed by atoms with Crippen LogP contribution in [0, 0.1) is 17.2 Å². The third-order valence-electron chi connectivity index (χ3n) is 5.51. The van der Waals surface area contributed by atoms with Gasteiger partial charge in [0.05, 0.1) is 28.7 Å². The molecule has 1 saturated carbocycles. The summed E-state index contributed by atoms with van der Waals surface area (Å²) < 4.78 is 2.35. The Hall–Kier alpha value is -2.60. The van der Waals surface area contributed by atoms with E-state index >= 15 is 0 Å². The van der Waals surface area contributed by atoms with Crippen LogP contribution in [0.2, 0.25) is 0 Å². The van der Waals surface area contributed by atoms with Gasteiger partial charge in [0.1, 0.15) is 5.82 Å². The van der Waals surface area contributed by atoms with Crippen molar-refractivity contribution in [1.29, 1.82) is 5.26 Å². The minimum Gasteiger partial charge on any atom is -0.321 e. The van der Waals surface area contributed by atoms with Gasteiger partial charge in [0.15, 0.2) is 0 Å². The molecule has 1 aliphatic carbocycles. The fourth-order valence-electron chi connectivity index (χ4n) is 4.14. The molecule has 4 rings (SSSR count). The number of hydrogen-bond donors (Lipinski definition) is 0. The monoisotopic (exact) mass is 329 g/mol. The number of aromatic nitrogens is 2. The van der Waals surface area contributed by atoms with Crippen molar-refractivity contribution in [2.75, 3.05) is 0 Å². The number of rotatable bonds is 4. The summed E-state index contributed by atoms with van der Waals surface area (Å²) in [4.78, 5) is 4.95. The first-order valence-corrected chi connectivity index (χ1v) is 9.22. The van der Waals surface area contributed by atoms with Crippen molar-refractivity contribution < 1.29 is 0 Å². The lowest BCUT2D eigenvalue weighted by atomic mass is 10.0. The molecule has 25 heavy (non-hydrogen) atoms. The van der Waals surface area contributed by atoms with Gasteiger partial charge in [-0.1, -0.05) is 56.0 Å². The van der Waals surface area contributed by atoms with E-state index < -0.39 is 0 Å². The molecule has 0 radical (unpaired) electrons. The zero-order valence-electron chi connectivity index (χ0n) is 14.7. The van der Waals surface area contributed by atoms with Crippen LogP contribution in [0.25, 0.3) is 11.0 Å². The fraction of sp³-hybridized carbons (Fsp3) is 0.364. The van der Waals surface area contributed by atoms with E-state index in [1.165, 1.54) is 31.2 Å². The van der Waals surface area contributed by atoms with E-state index in [0.717, 1.165) is 29.2 Å². The third kappa shape index (κ3) is 3.05. The molecule has 0 amide bonds. The van der Waals surface area contributed by atoms with Crippen LogP contribution in [0.3, 0.4) is 0 Å². The van der Waals surface area contributed by atoms with E-state index in [1.54, 1.807) is 0 Å². The summed E-state index contributed by atoms with van der Waals surface area (Å²) in [6.45, 7) is 2.23. The molecule has 0 unspecified atom stereocenters. The van der Waals surface area contributed by atoms with Crippen molar-refractivity contribution in [3.63, 3.8) is 0 Å². The zero-order valence-corrected chi connectivity index (χ0v) is 14.7. The first kappa shape index (κ1) is 15.9. The maximum absolute atomic E-state index is 9.30. The van der Waals surface area contributed by atoms with Gasteiger partial charge >= 0.3 is 0 Å². The largest absolute Gasteiger partial charge is 0.321 e. The summed E-state index contributed by atoms with van der Waals surface area (Å²) in [6, 6.07) is 18.9. The molecule has 2 aromatic carbocycles. The molecule has 0 aliphatic heterocycles. The van der Waals surface area contributed by atoms with Gasteiger partial charge in [-0.25, -0.2) is 4.98 Å². The van der Waals surface area contributed by atoms with Gasteiger partial charge in [0.2, 0.25) is 0 Å². The quantitative estimate of drug-likeness (QED) is 0.656. The molecule has 3 aromatic rings. The molecule has 0 spiro atoms.